The molecular weight excluding hydrogens is 364 g/mol. The van der Waals surface area contributed by atoms with Gasteiger partial charge in [-0.3, -0.25) is 9.59 Å². The van der Waals surface area contributed by atoms with E-state index in [0.717, 1.165) is 28.2 Å². The molecule has 2 amide bonds. The van der Waals surface area contributed by atoms with Gasteiger partial charge in [0.25, 0.3) is 5.91 Å². The second-order valence-electron chi connectivity index (χ2n) is 6.91. The summed E-state index contributed by atoms with van der Waals surface area (Å²) in [5.74, 6) is -0.152. The highest BCUT2D eigenvalue weighted by Crippen LogP contribution is 2.18. The molecule has 0 aliphatic carbocycles. The van der Waals surface area contributed by atoms with Crippen LogP contribution in [-0.2, 0) is 17.8 Å². The van der Waals surface area contributed by atoms with Crippen molar-refractivity contribution in [2.24, 2.45) is 0 Å². The topological polar surface area (TPSA) is 76.0 Å². The first kappa shape index (κ1) is 20.3. The molecule has 0 atom stereocenters. The number of carbonyl (C=O) groups is 2. The monoisotopic (exact) mass is 390 g/mol. The first-order chi connectivity index (χ1) is 14.0. The summed E-state index contributed by atoms with van der Waals surface area (Å²) in [6.45, 7) is 6.80. The maximum Gasteiger partial charge on any atom is 0.251 e. The first-order valence-electron chi connectivity index (χ1n) is 9.74. The summed E-state index contributed by atoms with van der Waals surface area (Å²) < 4.78 is 1.87. The Hall–Kier alpha value is -3.41. The maximum absolute atomic E-state index is 12.5. The minimum Gasteiger partial charge on any atom is -0.352 e. The number of carbonyl (C=O) groups excluding carboxylic acids is 2. The first-order valence-corrected chi connectivity index (χ1v) is 9.74. The minimum absolute atomic E-state index is 0.0587. The Bertz CT molecular complexity index is 992. The van der Waals surface area contributed by atoms with E-state index in [-0.39, 0.29) is 18.2 Å². The van der Waals surface area contributed by atoms with E-state index in [0.29, 0.717) is 18.7 Å². The van der Waals surface area contributed by atoms with Crippen molar-refractivity contribution in [3.8, 4) is 5.69 Å². The zero-order valence-corrected chi connectivity index (χ0v) is 17.0. The fourth-order valence-corrected chi connectivity index (χ4v) is 3.21. The Morgan fingerprint density at radius 3 is 2.31 bits per heavy atom. The molecule has 2 N–H and O–H groups in total. The van der Waals surface area contributed by atoms with Crippen LogP contribution in [0.1, 0.15) is 39.8 Å². The number of aromatic nitrogens is 2. The molecule has 0 spiro atoms. The normalized spacial score (nSPS) is 10.6. The van der Waals surface area contributed by atoms with Gasteiger partial charge >= 0.3 is 0 Å². The van der Waals surface area contributed by atoms with Crippen LogP contribution in [0, 0.1) is 13.8 Å². The molecule has 0 unspecified atom stereocenters. The predicted molar refractivity (Wildman–Crippen MR) is 113 cm³/mol. The predicted octanol–water partition coefficient (Wildman–Crippen LogP) is 3.10. The van der Waals surface area contributed by atoms with Gasteiger partial charge in [-0.25, -0.2) is 4.68 Å². The number of rotatable bonds is 7. The maximum atomic E-state index is 12.5. The Morgan fingerprint density at radius 2 is 1.66 bits per heavy atom. The zero-order chi connectivity index (χ0) is 20.8. The lowest BCUT2D eigenvalue weighted by molar-refractivity contribution is -0.120. The van der Waals surface area contributed by atoms with Gasteiger partial charge < -0.3 is 10.6 Å². The van der Waals surface area contributed by atoms with Gasteiger partial charge in [0.1, 0.15) is 0 Å². The van der Waals surface area contributed by atoms with Crippen LogP contribution in [0.4, 0.5) is 0 Å². The van der Waals surface area contributed by atoms with Crippen LogP contribution in [0.2, 0.25) is 0 Å². The molecule has 0 aliphatic rings. The van der Waals surface area contributed by atoms with Gasteiger partial charge in [-0.05, 0) is 50.6 Å². The van der Waals surface area contributed by atoms with E-state index in [9.17, 15) is 9.59 Å². The number of nitrogens with zero attached hydrogens (tertiary/aromatic N) is 2. The summed E-state index contributed by atoms with van der Waals surface area (Å²) in [7, 11) is 0. The average molecular weight is 390 g/mol. The number of benzene rings is 2. The van der Waals surface area contributed by atoms with Gasteiger partial charge in [0.15, 0.2) is 0 Å². The standard InChI is InChI=1S/C23H26N4O2/c1-4-24-23(29)19-12-10-18(11-13-19)15-25-22(28)14-21-16(2)26-27(17(21)3)20-8-6-5-7-9-20/h5-13H,4,14-15H2,1-3H3,(H,24,29)(H,25,28). The third-order valence-electron chi connectivity index (χ3n) is 4.82. The van der Waals surface area contributed by atoms with E-state index in [1.54, 1.807) is 12.1 Å². The molecule has 6 heteroatoms. The number of nitrogens with one attached hydrogen (secondary N) is 2. The molecule has 150 valence electrons. The molecule has 0 aliphatic heterocycles. The van der Waals surface area contributed by atoms with Gasteiger partial charge in [0.05, 0.1) is 17.8 Å². The van der Waals surface area contributed by atoms with Crippen molar-refractivity contribution in [1.82, 2.24) is 20.4 Å². The Labute approximate surface area is 170 Å². The smallest absolute Gasteiger partial charge is 0.251 e. The second kappa shape index (κ2) is 9.19. The van der Waals surface area contributed by atoms with Gasteiger partial charge in [0.2, 0.25) is 5.91 Å². The molecule has 1 heterocycles. The molecule has 6 nitrogen and oxygen atoms in total. The van der Waals surface area contributed by atoms with Crippen molar-refractivity contribution in [3.05, 3.63) is 82.7 Å². The summed E-state index contributed by atoms with van der Waals surface area (Å²) in [6, 6.07) is 17.1. The van der Waals surface area contributed by atoms with Crippen molar-refractivity contribution in [3.63, 3.8) is 0 Å². The molecule has 29 heavy (non-hydrogen) atoms. The summed E-state index contributed by atoms with van der Waals surface area (Å²) in [4.78, 5) is 24.3. The van der Waals surface area contributed by atoms with Crippen molar-refractivity contribution < 1.29 is 9.59 Å². The third kappa shape index (κ3) is 4.90. The Morgan fingerprint density at radius 1 is 0.966 bits per heavy atom. The number of amides is 2. The van der Waals surface area contributed by atoms with Crippen LogP contribution >= 0.6 is 0 Å². The van der Waals surface area contributed by atoms with Crippen molar-refractivity contribution in [1.29, 1.82) is 0 Å². The highest BCUT2D eigenvalue weighted by Gasteiger charge is 2.16. The lowest BCUT2D eigenvalue weighted by Gasteiger charge is -2.08. The molecule has 3 rings (SSSR count). The molecule has 0 bridgehead atoms. The van der Waals surface area contributed by atoms with E-state index in [4.69, 9.17) is 0 Å². The van der Waals surface area contributed by atoms with Crippen LogP contribution < -0.4 is 10.6 Å². The average Bonchev–Trinajstić information content (AvgIpc) is 3.01. The summed E-state index contributed by atoms with van der Waals surface area (Å²) in [6.07, 6.45) is 0.279. The van der Waals surface area contributed by atoms with Crippen molar-refractivity contribution in [2.75, 3.05) is 6.54 Å². The van der Waals surface area contributed by atoms with Crippen LogP contribution in [0.25, 0.3) is 5.69 Å². The highest BCUT2D eigenvalue weighted by molar-refractivity contribution is 5.94. The molecule has 0 saturated carbocycles. The molecule has 0 radical (unpaired) electrons. The van der Waals surface area contributed by atoms with Gasteiger partial charge in [0, 0.05) is 29.9 Å². The largest absolute Gasteiger partial charge is 0.352 e. The molecule has 0 saturated heterocycles. The van der Waals surface area contributed by atoms with Gasteiger partial charge in [-0.1, -0.05) is 30.3 Å². The van der Waals surface area contributed by atoms with E-state index in [1.165, 1.54) is 0 Å². The second-order valence-corrected chi connectivity index (χ2v) is 6.91. The summed E-state index contributed by atoms with van der Waals surface area (Å²) >= 11 is 0. The summed E-state index contributed by atoms with van der Waals surface area (Å²) in [5.41, 5.74) is 5.30. The molecular formula is C23H26N4O2. The van der Waals surface area contributed by atoms with E-state index in [2.05, 4.69) is 15.7 Å². The number of hydrogen-bond acceptors (Lipinski definition) is 3. The molecule has 1 aromatic heterocycles. The van der Waals surface area contributed by atoms with Crippen LogP contribution in [-0.4, -0.2) is 28.1 Å². The van der Waals surface area contributed by atoms with E-state index in [1.807, 2.05) is 67.9 Å². The number of hydrogen-bond donors (Lipinski definition) is 2. The molecule has 0 fully saturated rings. The highest BCUT2D eigenvalue weighted by atomic mass is 16.2. The van der Waals surface area contributed by atoms with Crippen LogP contribution in [0.3, 0.4) is 0 Å². The van der Waals surface area contributed by atoms with Crippen LogP contribution in [0.5, 0.6) is 0 Å². The van der Waals surface area contributed by atoms with Crippen molar-refractivity contribution in [2.45, 2.75) is 33.7 Å². The third-order valence-corrected chi connectivity index (χ3v) is 4.82. The lowest BCUT2D eigenvalue weighted by Crippen LogP contribution is -2.25. The number of para-hydroxylation sites is 1. The summed E-state index contributed by atoms with van der Waals surface area (Å²) in [5, 5.41) is 10.3. The minimum atomic E-state index is -0.0931. The molecule has 3 aromatic rings. The van der Waals surface area contributed by atoms with Crippen molar-refractivity contribution >= 4 is 11.8 Å². The SMILES string of the molecule is CCNC(=O)c1ccc(CNC(=O)Cc2c(C)nn(-c3ccccc3)c2C)cc1. The quantitative estimate of drug-likeness (QED) is 0.651. The zero-order valence-electron chi connectivity index (χ0n) is 17.0. The lowest BCUT2D eigenvalue weighted by atomic mass is 10.1. The number of aryl methyl sites for hydroxylation is 1. The van der Waals surface area contributed by atoms with E-state index >= 15 is 0 Å². The molecule has 2 aromatic carbocycles. The fourth-order valence-electron chi connectivity index (χ4n) is 3.21. The fraction of sp³-hybridized carbons (Fsp3) is 0.261. The van der Waals surface area contributed by atoms with E-state index < -0.39 is 0 Å². The van der Waals surface area contributed by atoms with Crippen LogP contribution in [0.15, 0.2) is 54.6 Å². The Balaban J connectivity index is 1.61. The Kier molecular flexibility index (Phi) is 6.44. The van der Waals surface area contributed by atoms with Gasteiger partial charge in [-0.15, -0.1) is 0 Å². The van der Waals surface area contributed by atoms with Gasteiger partial charge in [-0.2, -0.15) is 5.10 Å².